The number of carbonyl (C=O) groups excluding carboxylic acids is 2. The van der Waals surface area contributed by atoms with Gasteiger partial charge in [-0.3, -0.25) is 0 Å². The molecule has 0 saturated carbocycles. The van der Waals surface area contributed by atoms with Gasteiger partial charge in [-0.2, -0.15) is 0 Å². The Balaban J connectivity index is 2.75. The van der Waals surface area contributed by atoms with E-state index in [1.807, 2.05) is 0 Å². The summed E-state index contributed by atoms with van der Waals surface area (Å²) in [4.78, 5) is 24.0. The van der Waals surface area contributed by atoms with Gasteiger partial charge in [0.1, 0.15) is 12.2 Å². The second-order valence-electron chi connectivity index (χ2n) is 6.32. The number of ether oxygens (including phenoxy) is 4. The average Bonchev–Trinajstić information content (AvgIpc) is 2.51. The van der Waals surface area contributed by atoms with E-state index in [0.29, 0.717) is 26.1 Å². The maximum Gasteiger partial charge on any atom is 0.408 e. The van der Waals surface area contributed by atoms with Crippen molar-refractivity contribution in [3.8, 4) is 0 Å². The molecule has 0 radical (unpaired) electrons. The number of rotatable bonds is 7. The van der Waals surface area contributed by atoms with Crippen LogP contribution in [-0.4, -0.2) is 51.1 Å². The quantitative estimate of drug-likeness (QED) is 0.565. The van der Waals surface area contributed by atoms with Crippen LogP contribution in [0.25, 0.3) is 0 Å². The highest BCUT2D eigenvalue weighted by atomic mass is 16.6. The summed E-state index contributed by atoms with van der Waals surface area (Å²) in [5.74, 6) is 0.279. The molecular weight excluding hydrogens is 314 g/mol. The van der Waals surface area contributed by atoms with Crippen molar-refractivity contribution in [3.63, 3.8) is 0 Å². The van der Waals surface area contributed by atoms with Crippen LogP contribution in [0.3, 0.4) is 0 Å². The van der Waals surface area contributed by atoms with Gasteiger partial charge in [0.2, 0.25) is 0 Å². The van der Waals surface area contributed by atoms with Crippen molar-refractivity contribution in [2.24, 2.45) is 0 Å². The molecule has 24 heavy (non-hydrogen) atoms. The summed E-state index contributed by atoms with van der Waals surface area (Å²) in [6.07, 6.45) is 4.11. The standard InChI is InChI=1S/C17H27NO6/c1-17(2,3)24-16(20)18-14(15(19)22-5)12-6-8-13(9-7-12)23-11-10-21-4/h6,8,14H,7,9-11H2,1-5H3,(H,18,20). The summed E-state index contributed by atoms with van der Waals surface area (Å²) < 4.78 is 20.5. The Labute approximate surface area is 143 Å². The minimum absolute atomic E-state index is 0.474. The molecule has 1 amide bonds. The van der Waals surface area contributed by atoms with Gasteiger partial charge in [-0.25, -0.2) is 9.59 Å². The number of hydrogen-bond acceptors (Lipinski definition) is 6. The summed E-state index contributed by atoms with van der Waals surface area (Å²) in [6.45, 7) is 6.25. The molecule has 0 aromatic carbocycles. The Bertz CT molecular complexity index is 504. The number of methoxy groups -OCH3 is 2. The molecule has 1 atom stereocenters. The lowest BCUT2D eigenvalue weighted by Gasteiger charge is -2.25. The van der Waals surface area contributed by atoms with E-state index in [-0.39, 0.29) is 0 Å². The van der Waals surface area contributed by atoms with E-state index in [0.717, 1.165) is 11.3 Å². The summed E-state index contributed by atoms with van der Waals surface area (Å²) in [7, 11) is 2.89. The lowest BCUT2D eigenvalue weighted by Crippen LogP contribution is -2.45. The first-order valence-corrected chi connectivity index (χ1v) is 7.85. The number of hydrogen-bond donors (Lipinski definition) is 1. The Morgan fingerprint density at radius 3 is 2.38 bits per heavy atom. The number of nitrogens with one attached hydrogen (secondary N) is 1. The molecule has 0 aromatic rings. The fourth-order valence-electron chi connectivity index (χ4n) is 2.10. The molecule has 0 spiro atoms. The molecule has 1 N–H and O–H groups in total. The molecule has 136 valence electrons. The molecule has 1 aliphatic rings. The third-order valence-corrected chi connectivity index (χ3v) is 3.19. The zero-order chi connectivity index (χ0) is 18.2. The first-order valence-electron chi connectivity index (χ1n) is 7.85. The molecule has 0 aliphatic heterocycles. The van der Waals surface area contributed by atoms with E-state index in [1.165, 1.54) is 7.11 Å². The largest absolute Gasteiger partial charge is 0.496 e. The molecule has 0 aromatic heterocycles. The van der Waals surface area contributed by atoms with Crippen LogP contribution in [0.4, 0.5) is 4.79 Å². The van der Waals surface area contributed by atoms with E-state index in [9.17, 15) is 9.59 Å². The summed E-state index contributed by atoms with van der Waals surface area (Å²) >= 11 is 0. The first kappa shape index (κ1) is 20.0. The predicted octanol–water partition coefficient (Wildman–Crippen LogP) is 2.32. The molecule has 7 nitrogen and oxygen atoms in total. The highest BCUT2D eigenvalue weighted by Gasteiger charge is 2.29. The number of amides is 1. The van der Waals surface area contributed by atoms with Crippen LogP contribution in [0.2, 0.25) is 0 Å². The van der Waals surface area contributed by atoms with Crippen LogP contribution < -0.4 is 5.32 Å². The summed E-state index contributed by atoms with van der Waals surface area (Å²) in [5, 5.41) is 2.57. The monoisotopic (exact) mass is 341 g/mol. The third-order valence-electron chi connectivity index (χ3n) is 3.19. The number of alkyl carbamates (subject to hydrolysis) is 1. The smallest absolute Gasteiger partial charge is 0.408 e. The van der Waals surface area contributed by atoms with Gasteiger partial charge in [0.25, 0.3) is 0 Å². The molecular formula is C17H27NO6. The van der Waals surface area contributed by atoms with E-state index < -0.39 is 23.7 Å². The molecule has 0 saturated heterocycles. The Kier molecular flexibility index (Phi) is 7.78. The van der Waals surface area contributed by atoms with E-state index in [1.54, 1.807) is 40.0 Å². The highest BCUT2D eigenvalue weighted by Crippen LogP contribution is 2.22. The van der Waals surface area contributed by atoms with E-state index in [2.05, 4.69) is 5.32 Å². The maximum atomic E-state index is 12.0. The van der Waals surface area contributed by atoms with Gasteiger partial charge in [0.05, 0.1) is 19.5 Å². The molecule has 1 unspecified atom stereocenters. The molecule has 0 fully saturated rings. The topological polar surface area (TPSA) is 83.1 Å². The summed E-state index contributed by atoms with van der Waals surface area (Å²) in [5.41, 5.74) is 0.0975. The number of esters is 1. The van der Waals surface area contributed by atoms with Crippen LogP contribution >= 0.6 is 0 Å². The van der Waals surface area contributed by atoms with Crippen LogP contribution in [0.1, 0.15) is 33.6 Å². The van der Waals surface area contributed by atoms with Gasteiger partial charge in [0, 0.05) is 13.5 Å². The van der Waals surface area contributed by atoms with Crippen molar-refractivity contribution in [2.75, 3.05) is 27.4 Å². The third kappa shape index (κ3) is 7.04. The lowest BCUT2D eigenvalue weighted by atomic mass is 9.97. The fraction of sp³-hybridized carbons (Fsp3) is 0.647. The van der Waals surface area contributed by atoms with Gasteiger partial charge in [-0.15, -0.1) is 0 Å². The molecule has 1 aliphatic carbocycles. The second-order valence-corrected chi connectivity index (χ2v) is 6.32. The van der Waals surface area contributed by atoms with Gasteiger partial charge in [-0.1, -0.05) is 6.08 Å². The molecule has 0 bridgehead atoms. The van der Waals surface area contributed by atoms with Crippen LogP contribution in [0, 0.1) is 0 Å². The molecule has 1 rings (SSSR count). The van der Waals surface area contributed by atoms with Gasteiger partial charge in [0.15, 0.2) is 6.04 Å². The summed E-state index contributed by atoms with van der Waals surface area (Å²) in [6, 6.07) is -0.873. The number of carbonyl (C=O) groups is 2. The average molecular weight is 341 g/mol. The minimum atomic E-state index is -0.873. The van der Waals surface area contributed by atoms with Gasteiger partial charge >= 0.3 is 12.1 Å². The highest BCUT2D eigenvalue weighted by molar-refractivity contribution is 5.84. The van der Waals surface area contributed by atoms with E-state index in [4.69, 9.17) is 18.9 Å². The van der Waals surface area contributed by atoms with Crippen molar-refractivity contribution in [1.82, 2.24) is 5.32 Å². The first-order chi connectivity index (χ1) is 11.3. The van der Waals surface area contributed by atoms with Crippen LogP contribution in [-0.2, 0) is 23.7 Å². The van der Waals surface area contributed by atoms with Crippen molar-refractivity contribution in [3.05, 3.63) is 23.5 Å². The minimum Gasteiger partial charge on any atom is -0.496 e. The SMILES string of the molecule is COCCOC1=CC=C(C(NC(=O)OC(C)(C)C)C(=O)OC)CC1. The number of allylic oxidation sites excluding steroid dienone is 3. The predicted molar refractivity (Wildman–Crippen MR) is 88.4 cm³/mol. The molecule has 0 heterocycles. The second kappa shape index (κ2) is 9.32. The Hall–Kier alpha value is -2.02. The van der Waals surface area contributed by atoms with Crippen molar-refractivity contribution in [2.45, 2.75) is 45.3 Å². The maximum absolute atomic E-state index is 12.0. The van der Waals surface area contributed by atoms with Crippen molar-refractivity contribution in [1.29, 1.82) is 0 Å². The van der Waals surface area contributed by atoms with Gasteiger partial charge < -0.3 is 24.3 Å². The Morgan fingerprint density at radius 1 is 1.17 bits per heavy atom. The molecule has 7 heteroatoms. The zero-order valence-corrected chi connectivity index (χ0v) is 15.0. The van der Waals surface area contributed by atoms with Crippen LogP contribution in [0.5, 0.6) is 0 Å². The van der Waals surface area contributed by atoms with Gasteiger partial charge in [-0.05, 0) is 38.8 Å². The normalized spacial score (nSPS) is 15.7. The van der Waals surface area contributed by atoms with Crippen molar-refractivity contribution < 1.29 is 28.5 Å². The van der Waals surface area contributed by atoms with E-state index >= 15 is 0 Å². The Morgan fingerprint density at radius 2 is 1.88 bits per heavy atom. The zero-order valence-electron chi connectivity index (χ0n) is 15.0. The van der Waals surface area contributed by atoms with Crippen LogP contribution in [0.15, 0.2) is 23.5 Å². The van der Waals surface area contributed by atoms with Crippen molar-refractivity contribution >= 4 is 12.1 Å². The fourth-order valence-corrected chi connectivity index (χ4v) is 2.10. The lowest BCUT2D eigenvalue weighted by molar-refractivity contribution is -0.142.